The quantitative estimate of drug-likeness (QED) is 0.673. The third kappa shape index (κ3) is 2.67. The zero-order chi connectivity index (χ0) is 13.9. The van der Waals surface area contributed by atoms with Gasteiger partial charge in [0.1, 0.15) is 5.82 Å². The van der Waals surface area contributed by atoms with E-state index in [0.29, 0.717) is 11.9 Å². The largest absolute Gasteiger partial charge is 0.393 e. The van der Waals surface area contributed by atoms with Gasteiger partial charge in [-0.2, -0.15) is 15.1 Å². The molecule has 0 unspecified atom stereocenters. The highest BCUT2D eigenvalue weighted by molar-refractivity contribution is 5.86. The number of fused-ring (bicyclic) bond motifs is 1. The minimum absolute atomic E-state index is 0.109. The van der Waals surface area contributed by atoms with Crippen molar-refractivity contribution < 1.29 is 5.11 Å². The molecule has 0 saturated heterocycles. The molecule has 0 spiro atoms. The van der Waals surface area contributed by atoms with Gasteiger partial charge in [-0.05, 0) is 31.6 Å². The summed E-state index contributed by atoms with van der Waals surface area (Å²) in [5, 5.41) is 23.7. The molecule has 1 fully saturated rings. The summed E-state index contributed by atoms with van der Waals surface area (Å²) < 4.78 is 0. The van der Waals surface area contributed by atoms with Crippen molar-refractivity contribution in [2.24, 2.45) is 5.92 Å². The number of nitrogens with zero attached hydrogens (tertiary/aromatic N) is 3. The summed E-state index contributed by atoms with van der Waals surface area (Å²) in [6.07, 6.45) is 5.56. The number of aliphatic hydroxyl groups excluding tert-OH is 1. The molecule has 2 aromatic heterocycles. The number of aromatic amines is 1. The molecule has 1 aliphatic carbocycles. The van der Waals surface area contributed by atoms with E-state index in [4.69, 9.17) is 0 Å². The van der Waals surface area contributed by atoms with E-state index in [1.807, 2.05) is 0 Å². The summed E-state index contributed by atoms with van der Waals surface area (Å²) in [5.74, 6) is 1.97. The number of hydrogen-bond donors (Lipinski definition) is 4. The van der Waals surface area contributed by atoms with Gasteiger partial charge in [-0.1, -0.05) is 0 Å². The van der Waals surface area contributed by atoms with Crippen LogP contribution in [0.5, 0.6) is 0 Å². The summed E-state index contributed by atoms with van der Waals surface area (Å²) in [6.45, 7) is 0.868. The highest BCUT2D eigenvalue weighted by Gasteiger charge is 2.19. The van der Waals surface area contributed by atoms with Gasteiger partial charge in [-0.15, -0.1) is 0 Å². The van der Waals surface area contributed by atoms with Gasteiger partial charge in [0, 0.05) is 13.6 Å². The van der Waals surface area contributed by atoms with Gasteiger partial charge in [-0.3, -0.25) is 5.10 Å². The topological polar surface area (TPSA) is 98.8 Å². The lowest BCUT2D eigenvalue weighted by atomic mass is 9.87. The van der Waals surface area contributed by atoms with Crippen molar-refractivity contribution in [2.75, 3.05) is 24.2 Å². The maximum Gasteiger partial charge on any atom is 0.226 e. The Kier molecular flexibility index (Phi) is 3.68. The third-order valence-corrected chi connectivity index (χ3v) is 3.91. The van der Waals surface area contributed by atoms with Crippen LogP contribution in [0.25, 0.3) is 11.0 Å². The van der Waals surface area contributed by atoms with E-state index in [-0.39, 0.29) is 6.10 Å². The Bertz CT molecular complexity index is 575. The van der Waals surface area contributed by atoms with Crippen LogP contribution in [0.15, 0.2) is 6.20 Å². The van der Waals surface area contributed by atoms with Crippen molar-refractivity contribution in [3.8, 4) is 0 Å². The van der Waals surface area contributed by atoms with Gasteiger partial charge in [0.15, 0.2) is 5.65 Å². The Morgan fingerprint density at radius 2 is 2.10 bits per heavy atom. The van der Waals surface area contributed by atoms with Crippen LogP contribution < -0.4 is 10.6 Å². The van der Waals surface area contributed by atoms with Crippen LogP contribution >= 0.6 is 0 Å². The molecule has 2 heterocycles. The van der Waals surface area contributed by atoms with Crippen molar-refractivity contribution in [1.82, 2.24) is 20.2 Å². The minimum atomic E-state index is -0.109. The van der Waals surface area contributed by atoms with Crippen LogP contribution in [-0.2, 0) is 0 Å². The van der Waals surface area contributed by atoms with Gasteiger partial charge in [-0.25, -0.2) is 0 Å². The second kappa shape index (κ2) is 5.62. The average molecular weight is 276 g/mol. The summed E-state index contributed by atoms with van der Waals surface area (Å²) >= 11 is 0. The number of hydrogen-bond acceptors (Lipinski definition) is 6. The molecule has 1 saturated carbocycles. The van der Waals surface area contributed by atoms with E-state index in [9.17, 15) is 5.11 Å². The number of nitrogens with one attached hydrogen (secondary N) is 3. The van der Waals surface area contributed by atoms with E-state index in [2.05, 4.69) is 30.8 Å². The SMILES string of the molecule is CNc1nc(NCC2CCC(O)CC2)c2cn[nH]c2n1. The molecule has 4 N–H and O–H groups in total. The fourth-order valence-corrected chi connectivity index (χ4v) is 2.67. The maximum atomic E-state index is 9.53. The first-order chi connectivity index (χ1) is 9.76. The normalized spacial score (nSPS) is 22.9. The molecule has 0 amide bonds. The van der Waals surface area contributed by atoms with Gasteiger partial charge < -0.3 is 15.7 Å². The van der Waals surface area contributed by atoms with Crippen molar-refractivity contribution >= 4 is 22.8 Å². The summed E-state index contributed by atoms with van der Waals surface area (Å²) in [6, 6.07) is 0. The molecule has 0 aromatic carbocycles. The number of H-pyrrole nitrogens is 1. The first kappa shape index (κ1) is 13.1. The summed E-state index contributed by atoms with van der Waals surface area (Å²) in [4.78, 5) is 8.75. The predicted octanol–water partition coefficient (Wildman–Crippen LogP) is 1.36. The van der Waals surface area contributed by atoms with Crippen LogP contribution in [0.3, 0.4) is 0 Å². The number of anilines is 2. The van der Waals surface area contributed by atoms with Crippen LogP contribution in [0.2, 0.25) is 0 Å². The molecule has 20 heavy (non-hydrogen) atoms. The zero-order valence-electron chi connectivity index (χ0n) is 11.6. The standard InChI is InChI=1S/C13H20N6O/c1-14-13-17-11(10-7-16-19-12(10)18-13)15-6-8-2-4-9(20)5-3-8/h7-9,20H,2-6H2,1H3,(H3,14,15,16,17,18,19). The van der Waals surface area contributed by atoms with Crippen molar-refractivity contribution in [3.05, 3.63) is 6.20 Å². The monoisotopic (exact) mass is 276 g/mol. The Hall–Kier alpha value is -1.89. The van der Waals surface area contributed by atoms with Crippen LogP contribution in [-0.4, -0.2) is 45.0 Å². The van der Waals surface area contributed by atoms with Crippen LogP contribution in [0, 0.1) is 5.92 Å². The van der Waals surface area contributed by atoms with E-state index >= 15 is 0 Å². The van der Waals surface area contributed by atoms with E-state index < -0.39 is 0 Å². The smallest absolute Gasteiger partial charge is 0.226 e. The Morgan fingerprint density at radius 3 is 2.85 bits per heavy atom. The van der Waals surface area contributed by atoms with Gasteiger partial charge in [0.05, 0.1) is 17.7 Å². The molecule has 7 nitrogen and oxygen atoms in total. The highest BCUT2D eigenvalue weighted by atomic mass is 16.3. The highest BCUT2D eigenvalue weighted by Crippen LogP contribution is 2.26. The molecule has 0 radical (unpaired) electrons. The third-order valence-electron chi connectivity index (χ3n) is 3.91. The van der Waals surface area contributed by atoms with E-state index in [1.165, 1.54) is 0 Å². The molecule has 0 bridgehead atoms. The maximum absolute atomic E-state index is 9.53. The Morgan fingerprint density at radius 1 is 1.30 bits per heavy atom. The van der Waals surface area contributed by atoms with Crippen LogP contribution in [0.4, 0.5) is 11.8 Å². The molecular formula is C13H20N6O. The molecule has 1 aliphatic rings. The molecular weight excluding hydrogens is 256 g/mol. The number of rotatable bonds is 4. The summed E-state index contributed by atoms with van der Waals surface area (Å²) in [5.41, 5.74) is 0.728. The number of aliphatic hydroxyl groups is 1. The lowest BCUT2D eigenvalue weighted by molar-refractivity contribution is 0.111. The Balaban J connectivity index is 1.71. The first-order valence-corrected chi connectivity index (χ1v) is 7.07. The van der Waals surface area contributed by atoms with Gasteiger partial charge in [0.2, 0.25) is 5.95 Å². The zero-order valence-corrected chi connectivity index (χ0v) is 11.6. The second-order valence-electron chi connectivity index (χ2n) is 5.33. The average Bonchev–Trinajstić information content (AvgIpc) is 2.94. The van der Waals surface area contributed by atoms with Crippen molar-refractivity contribution in [3.63, 3.8) is 0 Å². The van der Waals surface area contributed by atoms with Crippen molar-refractivity contribution in [2.45, 2.75) is 31.8 Å². The first-order valence-electron chi connectivity index (χ1n) is 7.07. The lowest BCUT2D eigenvalue weighted by Crippen LogP contribution is -2.24. The number of aromatic nitrogens is 4. The predicted molar refractivity (Wildman–Crippen MR) is 77.7 cm³/mol. The fraction of sp³-hybridized carbons (Fsp3) is 0.615. The molecule has 3 rings (SSSR count). The molecule has 2 aromatic rings. The Labute approximate surface area is 117 Å². The van der Waals surface area contributed by atoms with E-state index in [0.717, 1.165) is 49.1 Å². The van der Waals surface area contributed by atoms with Gasteiger partial charge >= 0.3 is 0 Å². The van der Waals surface area contributed by atoms with Crippen molar-refractivity contribution in [1.29, 1.82) is 0 Å². The van der Waals surface area contributed by atoms with Crippen LogP contribution in [0.1, 0.15) is 25.7 Å². The summed E-state index contributed by atoms with van der Waals surface area (Å²) in [7, 11) is 1.80. The second-order valence-corrected chi connectivity index (χ2v) is 5.33. The molecule has 0 atom stereocenters. The molecule has 0 aliphatic heterocycles. The minimum Gasteiger partial charge on any atom is -0.393 e. The van der Waals surface area contributed by atoms with Gasteiger partial charge in [0.25, 0.3) is 0 Å². The molecule has 108 valence electrons. The van der Waals surface area contributed by atoms with E-state index in [1.54, 1.807) is 13.2 Å². The fourth-order valence-electron chi connectivity index (χ4n) is 2.67. The molecule has 7 heteroatoms. The lowest BCUT2D eigenvalue weighted by Gasteiger charge is -2.25.